The SMILES string of the molecule is COc1ccc(NC(=O)N[C@@H](C)c2ccc(Cl)cc2Cl)c(OC)c1. The first-order valence-electron chi connectivity index (χ1n) is 7.19. The number of anilines is 1. The molecule has 0 heterocycles. The molecule has 128 valence electrons. The maximum absolute atomic E-state index is 12.2. The van der Waals surface area contributed by atoms with Crippen LogP contribution in [0.3, 0.4) is 0 Å². The lowest BCUT2D eigenvalue weighted by atomic mass is 10.1. The molecule has 0 fully saturated rings. The van der Waals surface area contributed by atoms with E-state index in [1.807, 2.05) is 6.92 Å². The van der Waals surface area contributed by atoms with Crippen LogP contribution in [0.1, 0.15) is 18.5 Å². The van der Waals surface area contributed by atoms with Crippen LogP contribution in [-0.4, -0.2) is 20.3 Å². The zero-order valence-electron chi connectivity index (χ0n) is 13.5. The Balaban J connectivity index is 2.07. The highest BCUT2D eigenvalue weighted by Gasteiger charge is 2.14. The number of benzene rings is 2. The molecule has 0 aromatic heterocycles. The predicted octanol–water partition coefficient (Wildman–Crippen LogP) is 4.89. The average molecular weight is 369 g/mol. The normalized spacial score (nSPS) is 11.5. The van der Waals surface area contributed by atoms with Gasteiger partial charge in [0.15, 0.2) is 0 Å². The smallest absolute Gasteiger partial charge is 0.319 e. The molecule has 0 saturated carbocycles. The Morgan fingerprint density at radius 3 is 2.46 bits per heavy atom. The Kier molecular flexibility index (Phi) is 6.17. The molecule has 2 rings (SSSR count). The summed E-state index contributed by atoms with van der Waals surface area (Å²) >= 11 is 12.0. The molecule has 0 unspecified atom stereocenters. The van der Waals surface area contributed by atoms with E-state index in [1.165, 1.54) is 7.11 Å². The first kappa shape index (κ1) is 18.2. The lowest BCUT2D eigenvalue weighted by molar-refractivity contribution is 0.249. The Morgan fingerprint density at radius 1 is 1.08 bits per heavy atom. The summed E-state index contributed by atoms with van der Waals surface area (Å²) in [5.74, 6) is 1.14. The Hall–Kier alpha value is -2.11. The monoisotopic (exact) mass is 368 g/mol. The van der Waals surface area contributed by atoms with Gasteiger partial charge in [-0.15, -0.1) is 0 Å². The minimum absolute atomic E-state index is 0.293. The van der Waals surface area contributed by atoms with Crippen molar-refractivity contribution in [2.75, 3.05) is 19.5 Å². The third-order valence-corrected chi connectivity index (χ3v) is 4.00. The summed E-state index contributed by atoms with van der Waals surface area (Å²) < 4.78 is 10.4. The topological polar surface area (TPSA) is 59.6 Å². The molecule has 0 bridgehead atoms. The van der Waals surface area contributed by atoms with Crippen LogP contribution < -0.4 is 20.1 Å². The summed E-state index contributed by atoms with van der Waals surface area (Å²) in [6, 6.07) is 9.61. The van der Waals surface area contributed by atoms with Gasteiger partial charge in [0.2, 0.25) is 0 Å². The van der Waals surface area contributed by atoms with Crippen LogP contribution in [0.25, 0.3) is 0 Å². The fraction of sp³-hybridized carbons (Fsp3) is 0.235. The maximum atomic E-state index is 12.2. The number of amides is 2. The van der Waals surface area contributed by atoms with Crippen LogP contribution in [0.5, 0.6) is 11.5 Å². The highest BCUT2D eigenvalue weighted by atomic mass is 35.5. The number of rotatable bonds is 5. The van der Waals surface area contributed by atoms with Gasteiger partial charge in [-0.2, -0.15) is 0 Å². The van der Waals surface area contributed by atoms with E-state index in [-0.39, 0.29) is 12.1 Å². The average Bonchev–Trinajstić information content (AvgIpc) is 2.54. The van der Waals surface area contributed by atoms with Gasteiger partial charge in [-0.05, 0) is 36.8 Å². The summed E-state index contributed by atoms with van der Waals surface area (Å²) in [6.45, 7) is 1.83. The van der Waals surface area contributed by atoms with Crippen molar-refractivity contribution in [2.45, 2.75) is 13.0 Å². The fourth-order valence-electron chi connectivity index (χ4n) is 2.19. The number of urea groups is 1. The van der Waals surface area contributed by atoms with Gasteiger partial charge >= 0.3 is 6.03 Å². The van der Waals surface area contributed by atoms with E-state index in [4.69, 9.17) is 32.7 Å². The second-order valence-electron chi connectivity index (χ2n) is 5.05. The van der Waals surface area contributed by atoms with E-state index >= 15 is 0 Å². The lowest BCUT2D eigenvalue weighted by Crippen LogP contribution is -2.31. The molecule has 0 aliphatic rings. The highest BCUT2D eigenvalue weighted by Crippen LogP contribution is 2.29. The minimum atomic E-state index is -0.378. The zero-order chi connectivity index (χ0) is 17.7. The van der Waals surface area contributed by atoms with Gasteiger partial charge in [-0.3, -0.25) is 0 Å². The molecule has 0 spiro atoms. The number of carbonyl (C=O) groups excluding carboxylic acids is 1. The highest BCUT2D eigenvalue weighted by molar-refractivity contribution is 6.35. The molecule has 0 aliphatic heterocycles. The molecule has 0 radical (unpaired) electrons. The number of carbonyl (C=O) groups is 1. The Labute approximate surface area is 150 Å². The molecule has 0 aliphatic carbocycles. The van der Waals surface area contributed by atoms with Crippen molar-refractivity contribution in [1.82, 2.24) is 5.32 Å². The Bertz CT molecular complexity index is 738. The van der Waals surface area contributed by atoms with E-state index in [0.717, 1.165) is 5.56 Å². The van der Waals surface area contributed by atoms with Crippen molar-refractivity contribution in [2.24, 2.45) is 0 Å². The summed E-state index contributed by atoms with van der Waals surface area (Å²) in [5.41, 5.74) is 1.31. The van der Waals surface area contributed by atoms with Crippen molar-refractivity contribution < 1.29 is 14.3 Å². The summed E-state index contributed by atoms with van der Waals surface area (Å²) in [5, 5.41) is 6.61. The minimum Gasteiger partial charge on any atom is -0.497 e. The number of halogens is 2. The van der Waals surface area contributed by atoms with Crippen LogP contribution in [0.15, 0.2) is 36.4 Å². The van der Waals surface area contributed by atoms with Gasteiger partial charge in [0, 0.05) is 16.1 Å². The molecule has 2 N–H and O–H groups in total. The first-order chi connectivity index (χ1) is 11.4. The summed E-state index contributed by atoms with van der Waals surface area (Å²) in [6.07, 6.45) is 0. The van der Waals surface area contributed by atoms with Gasteiger partial charge in [0.1, 0.15) is 11.5 Å². The second-order valence-corrected chi connectivity index (χ2v) is 5.90. The van der Waals surface area contributed by atoms with Gasteiger partial charge in [0.25, 0.3) is 0 Å². The lowest BCUT2D eigenvalue weighted by Gasteiger charge is -2.17. The molecule has 2 amide bonds. The molecule has 2 aromatic rings. The van der Waals surface area contributed by atoms with Crippen molar-refractivity contribution in [3.8, 4) is 11.5 Å². The van der Waals surface area contributed by atoms with E-state index in [2.05, 4.69) is 10.6 Å². The van der Waals surface area contributed by atoms with Crippen LogP contribution >= 0.6 is 23.2 Å². The number of hydrogen-bond acceptors (Lipinski definition) is 3. The van der Waals surface area contributed by atoms with Gasteiger partial charge in [0.05, 0.1) is 25.9 Å². The number of methoxy groups -OCH3 is 2. The van der Waals surface area contributed by atoms with Crippen molar-refractivity contribution in [3.05, 3.63) is 52.0 Å². The predicted molar refractivity (Wildman–Crippen MR) is 96.6 cm³/mol. The molecule has 2 aromatic carbocycles. The van der Waals surface area contributed by atoms with Crippen molar-refractivity contribution in [3.63, 3.8) is 0 Å². The number of nitrogens with one attached hydrogen (secondary N) is 2. The summed E-state index contributed by atoms with van der Waals surface area (Å²) in [4.78, 5) is 12.2. The molecular formula is C17H18Cl2N2O3. The fourth-order valence-corrected chi connectivity index (χ4v) is 2.76. The molecule has 5 nitrogen and oxygen atoms in total. The van der Waals surface area contributed by atoms with Crippen LogP contribution in [-0.2, 0) is 0 Å². The van der Waals surface area contributed by atoms with E-state index in [9.17, 15) is 4.79 Å². The van der Waals surface area contributed by atoms with E-state index in [0.29, 0.717) is 27.2 Å². The summed E-state index contributed by atoms with van der Waals surface area (Å²) in [7, 11) is 3.08. The molecule has 24 heavy (non-hydrogen) atoms. The van der Waals surface area contributed by atoms with Gasteiger partial charge in [-0.1, -0.05) is 29.3 Å². The van der Waals surface area contributed by atoms with Crippen molar-refractivity contribution in [1.29, 1.82) is 0 Å². The standard InChI is InChI=1S/C17H18Cl2N2O3/c1-10(13-6-4-11(18)8-14(13)19)20-17(22)21-15-7-5-12(23-2)9-16(15)24-3/h4-10H,1-3H3,(H2,20,21,22)/t10-/m0/s1. The van der Waals surface area contributed by atoms with E-state index in [1.54, 1.807) is 43.5 Å². The largest absolute Gasteiger partial charge is 0.497 e. The van der Waals surface area contributed by atoms with E-state index < -0.39 is 0 Å². The Morgan fingerprint density at radius 2 is 1.83 bits per heavy atom. The molecular weight excluding hydrogens is 351 g/mol. The molecule has 7 heteroatoms. The number of ether oxygens (including phenoxy) is 2. The quantitative estimate of drug-likeness (QED) is 0.789. The third kappa shape index (κ3) is 4.46. The molecule has 0 saturated heterocycles. The zero-order valence-corrected chi connectivity index (χ0v) is 15.0. The van der Waals surface area contributed by atoms with Crippen LogP contribution in [0, 0.1) is 0 Å². The van der Waals surface area contributed by atoms with Crippen molar-refractivity contribution >= 4 is 34.9 Å². The van der Waals surface area contributed by atoms with Crippen LogP contribution in [0.4, 0.5) is 10.5 Å². The molecule has 1 atom stereocenters. The first-order valence-corrected chi connectivity index (χ1v) is 7.94. The maximum Gasteiger partial charge on any atom is 0.319 e. The second kappa shape index (κ2) is 8.13. The van der Waals surface area contributed by atoms with Crippen LogP contribution in [0.2, 0.25) is 10.0 Å². The van der Waals surface area contributed by atoms with Gasteiger partial charge in [-0.25, -0.2) is 4.79 Å². The number of hydrogen-bond donors (Lipinski definition) is 2. The third-order valence-electron chi connectivity index (χ3n) is 3.43. The van der Waals surface area contributed by atoms with Gasteiger partial charge < -0.3 is 20.1 Å².